The molecule has 21 heavy (non-hydrogen) atoms. The van der Waals surface area contributed by atoms with Crippen LogP contribution in [0.3, 0.4) is 0 Å². The smallest absolute Gasteiger partial charge is 0.0913 e. The molecule has 0 aliphatic carbocycles. The number of aromatic nitrogens is 3. The van der Waals surface area contributed by atoms with E-state index < -0.39 is 0 Å². The summed E-state index contributed by atoms with van der Waals surface area (Å²) in [5, 5.41) is 4.66. The van der Waals surface area contributed by atoms with Crippen LogP contribution in [0.2, 0.25) is 0 Å². The highest BCUT2D eigenvalue weighted by Crippen LogP contribution is 2.28. The zero-order valence-electron chi connectivity index (χ0n) is 12.2. The van der Waals surface area contributed by atoms with Crippen molar-refractivity contribution in [2.75, 3.05) is 5.32 Å². The third kappa shape index (κ3) is 2.84. The molecule has 0 aromatic carbocycles. The standard InChI is InChI=1S/C17H18N4/c1-3-12(2)20-16-10-15(13-4-7-18-8-5-13)21-17-11-19-9-6-14(16)17/h4-12H,3H2,1-2H3,(H,20,21)/t12-/m1/s1. The van der Waals surface area contributed by atoms with Crippen molar-refractivity contribution < 1.29 is 0 Å². The first kappa shape index (κ1) is 13.5. The molecule has 3 aromatic heterocycles. The van der Waals surface area contributed by atoms with Crippen molar-refractivity contribution >= 4 is 16.6 Å². The molecule has 4 heteroatoms. The summed E-state index contributed by atoms with van der Waals surface area (Å²) in [6.45, 7) is 4.35. The number of anilines is 1. The van der Waals surface area contributed by atoms with Crippen molar-refractivity contribution in [1.82, 2.24) is 15.0 Å². The van der Waals surface area contributed by atoms with Gasteiger partial charge in [0.25, 0.3) is 0 Å². The number of fused-ring (bicyclic) bond motifs is 1. The number of hydrogen-bond donors (Lipinski definition) is 1. The minimum atomic E-state index is 0.411. The largest absolute Gasteiger partial charge is 0.382 e. The maximum atomic E-state index is 4.71. The van der Waals surface area contributed by atoms with E-state index in [2.05, 4.69) is 35.2 Å². The summed E-state index contributed by atoms with van der Waals surface area (Å²) >= 11 is 0. The van der Waals surface area contributed by atoms with Gasteiger partial charge < -0.3 is 5.32 Å². The first-order valence-corrected chi connectivity index (χ1v) is 7.19. The van der Waals surface area contributed by atoms with Crippen LogP contribution in [0.5, 0.6) is 0 Å². The molecule has 0 aliphatic heterocycles. The molecule has 4 nitrogen and oxygen atoms in total. The third-order valence-corrected chi connectivity index (χ3v) is 3.60. The Morgan fingerprint density at radius 3 is 2.62 bits per heavy atom. The van der Waals surface area contributed by atoms with E-state index in [0.29, 0.717) is 6.04 Å². The maximum absolute atomic E-state index is 4.71. The minimum Gasteiger partial charge on any atom is -0.382 e. The van der Waals surface area contributed by atoms with Gasteiger partial charge >= 0.3 is 0 Å². The van der Waals surface area contributed by atoms with Crippen LogP contribution < -0.4 is 5.32 Å². The van der Waals surface area contributed by atoms with Crippen LogP contribution in [0.1, 0.15) is 20.3 Å². The minimum absolute atomic E-state index is 0.411. The van der Waals surface area contributed by atoms with Crippen LogP contribution in [0, 0.1) is 0 Å². The Labute approximate surface area is 124 Å². The lowest BCUT2D eigenvalue weighted by atomic mass is 10.1. The summed E-state index contributed by atoms with van der Waals surface area (Å²) in [5.74, 6) is 0. The quantitative estimate of drug-likeness (QED) is 0.786. The van der Waals surface area contributed by atoms with Crippen LogP contribution in [0.15, 0.2) is 49.1 Å². The van der Waals surface area contributed by atoms with E-state index in [-0.39, 0.29) is 0 Å². The Kier molecular flexibility index (Phi) is 3.77. The molecule has 0 spiro atoms. The second-order valence-corrected chi connectivity index (χ2v) is 5.14. The average molecular weight is 278 g/mol. The fourth-order valence-electron chi connectivity index (χ4n) is 2.24. The summed E-state index contributed by atoms with van der Waals surface area (Å²) in [6.07, 6.45) is 8.25. The van der Waals surface area contributed by atoms with Crippen molar-refractivity contribution in [2.24, 2.45) is 0 Å². The molecule has 0 saturated carbocycles. The van der Waals surface area contributed by atoms with Gasteiger partial charge in [-0.05, 0) is 37.6 Å². The third-order valence-electron chi connectivity index (χ3n) is 3.60. The fraction of sp³-hybridized carbons (Fsp3) is 0.235. The number of pyridine rings is 3. The van der Waals surface area contributed by atoms with E-state index in [1.165, 1.54) is 0 Å². The topological polar surface area (TPSA) is 50.7 Å². The van der Waals surface area contributed by atoms with Crippen molar-refractivity contribution in [3.8, 4) is 11.3 Å². The highest BCUT2D eigenvalue weighted by Gasteiger charge is 2.09. The molecule has 3 aromatic rings. The lowest BCUT2D eigenvalue weighted by molar-refractivity contribution is 0.765. The normalized spacial score (nSPS) is 12.3. The molecule has 0 amide bonds. The monoisotopic (exact) mass is 278 g/mol. The van der Waals surface area contributed by atoms with Gasteiger partial charge in [0, 0.05) is 41.3 Å². The molecule has 0 radical (unpaired) electrons. The lowest BCUT2D eigenvalue weighted by Crippen LogP contribution is -2.14. The molecule has 106 valence electrons. The summed E-state index contributed by atoms with van der Waals surface area (Å²) in [6, 6.07) is 8.46. The second-order valence-electron chi connectivity index (χ2n) is 5.14. The molecular weight excluding hydrogens is 260 g/mol. The number of rotatable bonds is 4. The second kappa shape index (κ2) is 5.87. The van der Waals surface area contributed by atoms with Crippen molar-refractivity contribution in [2.45, 2.75) is 26.3 Å². The Hall–Kier alpha value is -2.49. The molecule has 1 atom stereocenters. The van der Waals surface area contributed by atoms with E-state index in [1.54, 1.807) is 18.6 Å². The van der Waals surface area contributed by atoms with Crippen molar-refractivity contribution in [3.05, 3.63) is 49.1 Å². The summed E-state index contributed by atoms with van der Waals surface area (Å²) in [5.41, 5.74) is 3.99. The van der Waals surface area contributed by atoms with E-state index in [0.717, 1.165) is 34.3 Å². The van der Waals surface area contributed by atoms with E-state index in [9.17, 15) is 0 Å². The molecular formula is C17H18N4. The Morgan fingerprint density at radius 2 is 1.86 bits per heavy atom. The summed E-state index contributed by atoms with van der Waals surface area (Å²) in [7, 11) is 0. The molecule has 0 aliphatic rings. The zero-order chi connectivity index (χ0) is 14.7. The molecule has 1 N–H and O–H groups in total. The summed E-state index contributed by atoms with van der Waals surface area (Å²) < 4.78 is 0. The summed E-state index contributed by atoms with van der Waals surface area (Å²) in [4.78, 5) is 13.0. The van der Waals surface area contributed by atoms with E-state index >= 15 is 0 Å². The van der Waals surface area contributed by atoms with Crippen LogP contribution in [-0.2, 0) is 0 Å². The first-order valence-electron chi connectivity index (χ1n) is 7.19. The lowest BCUT2D eigenvalue weighted by Gasteiger charge is -2.16. The predicted molar refractivity (Wildman–Crippen MR) is 86.1 cm³/mol. The maximum Gasteiger partial charge on any atom is 0.0913 e. The van der Waals surface area contributed by atoms with Gasteiger partial charge in [0.2, 0.25) is 0 Å². The van der Waals surface area contributed by atoms with Crippen molar-refractivity contribution in [1.29, 1.82) is 0 Å². The predicted octanol–water partition coefficient (Wildman–Crippen LogP) is 3.90. The SMILES string of the molecule is CC[C@@H](C)Nc1cc(-c2ccncc2)nc2cnccc12. The van der Waals surface area contributed by atoms with Crippen LogP contribution in [-0.4, -0.2) is 21.0 Å². The Morgan fingerprint density at radius 1 is 1.10 bits per heavy atom. The number of nitrogens with zero attached hydrogens (tertiary/aromatic N) is 3. The van der Waals surface area contributed by atoms with E-state index in [4.69, 9.17) is 4.98 Å². The van der Waals surface area contributed by atoms with E-state index in [1.807, 2.05) is 24.4 Å². The Balaban J connectivity index is 2.15. The van der Waals surface area contributed by atoms with Gasteiger partial charge in [-0.2, -0.15) is 0 Å². The molecule has 0 unspecified atom stereocenters. The fourth-order valence-corrected chi connectivity index (χ4v) is 2.24. The van der Waals surface area contributed by atoms with Crippen LogP contribution in [0.25, 0.3) is 22.2 Å². The number of nitrogens with one attached hydrogen (secondary N) is 1. The molecule has 0 bridgehead atoms. The molecule has 0 saturated heterocycles. The van der Waals surface area contributed by atoms with Gasteiger partial charge in [0.15, 0.2) is 0 Å². The van der Waals surface area contributed by atoms with Crippen LogP contribution >= 0.6 is 0 Å². The molecule has 3 heterocycles. The highest BCUT2D eigenvalue weighted by atomic mass is 14.9. The van der Waals surface area contributed by atoms with Gasteiger partial charge in [-0.1, -0.05) is 6.92 Å². The Bertz CT molecular complexity index is 740. The van der Waals surface area contributed by atoms with Gasteiger partial charge in [0.1, 0.15) is 0 Å². The first-order chi connectivity index (χ1) is 10.3. The van der Waals surface area contributed by atoms with Gasteiger partial charge in [-0.15, -0.1) is 0 Å². The van der Waals surface area contributed by atoms with Gasteiger partial charge in [0.05, 0.1) is 17.4 Å². The highest BCUT2D eigenvalue weighted by molar-refractivity contribution is 5.93. The average Bonchev–Trinajstić information content (AvgIpc) is 2.55. The van der Waals surface area contributed by atoms with Gasteiger partial charge in [-0.3, -0.25) is 9.97 Å². The molecule has 0 fully saturated rings. The number of hydrogen-bond acceptors (Lipinski definition) is 4. The molecule has 3 rings (SSSR count). The van der Waals surface area contributed by atoms with Gasteiger partial charge in [-0.25, -0.2) is 4.98 Å². The zero-order valence-corrected chi connectivity index (χ0v) is 12.2. The van der Waals surface area contributed by atoms with Crippen molar-refractivity contribution in [3.63, 3.8) is 0 Å². The van der Waals surface area contributed by atoms with Crippen LogP contribution in [0.4, 0.5) is 5.69 Å².